The number of hydrogen-bond donors (Lipinski definition) is 3. The predicted octanol–water partition coefficient (Wildman–Crippen LogP) is 2.61. The molecule has 0 aromatic heterocycles. The molecule has 0 radical (unpaired) electrons. The van der Waals surface area contributed by atoms with Gasteiger partial charge in [0, 0.05) is 20.3 Å². The van der Waals surface area contributed by atoms with Gasteiger partial charge in [0.25, 0.3) is 5.91 Å². The maximum Gasteiger partial charge on any atom is 0.329 e. The summed E-state index contributed by atoms with van der Waals surface area (Å²) in [6, 6.07) is 11.5. The summed E-state index contributed by atoms with van der Waals surface area (Å²) in [7, 11) is 1.55. The molecule has 0 spiro atoms. The summed E-state index contributed by atoms with van der Waals surface area (Å²) in [5, 5.41) is 9.45. The molecule has 9 nitrogen and oxygen atoms in total. The Morgan fingerprint density at radius 3 is 2.56 bits per heavy atom. The molecule has 2 aromatic carbocycles. The van der Waals surface area contributed by atoms with Crippen molar-refractivity contribution in [2.24, 2.45) is 5.10 Å². The van der Waals surface area contributed by atoms with Crippen molar-refractivity contribution >= 4 is 52.8 Å². The van der Waals surface area contributed by atoms with Crippen LogP contribution in [0.4, 0.5) is 5.69 Å². The van der Waals surface area contributed by atoms with Crippen LogP contribution in [0.25, 0.3) is 0 Å². The lowest BCUT2D eigenvalue weighted by Gasteiger charge is -2.10. The van der Waals surface area contributed by atoms with E-state index in [1.807, 2.05) is 0 Å². The Labute approximate surface area is 195 Å². The topological polar surface area (TPSA) is 118 Å². The average molecular weight is 481 g/mol. The highest BCUT2D eigenvalue weighted by atomic mass is 35.5. The molecular weight excluding hydrogens is 459 g/mol. The van der Waals surface area contributed by atoms with Gasteiger partial charge in [-0.1, -0.05) is 35.3 Å². The largest absolute Gasteiger partial charge is 0.482 e. The second kappa shape index (κ2) is 13.3. The number of para-hydroxylation sites is 1. The van der Waals surface area contributed by atoms with Crippen LogP contribution in [-0.2, 0) is 19.1 Å². The van der Waals surface area contributed by atoms with E-state index >= 15 is 0 Å². The summed E-state index contributed by atoms with van der Waals surface area (Å²) in [4.78, 5) is 35.3. The van der Waals surface area contributed by atoms with Crippen LogP contribution in [0.15, 0.2) is 47.6 Å². The highest BCUT2D eigenvalue weighted by molar-refractivity contribution is 6.35. The smallest absolute Gasteiger partial charge is 0.329 e. The van der Waals surface area contributed by atoms with Crippen LogP contribution in [0, 0.1) is 0 Å². The first-order chi connectivity index (χ1) is 15.4. The molecule has 0 saturated heterocycles. The summed E-state index contributed by atoms with van der Waals surface area (Å²) in [5.41, 5.74) is 3.15. The summed E-state index contributed by atoms with van der Waals surface area (Å²) in [6.45, 7) is 0.526. The average Bonchev–Trinajstić information content (AvgIpc) is 2.77. The molecule has 2 rings (SSSR count). The fourth-order valence-corrected chi connectivity index (χ4v) is 2.75. The van der Waals surface area contributed by atoms with Gasteiger partial charge in [-0.15, -0.1) is 0 Å². The molecule has 2 aromatic rings. The molecule has 0 heterocycles. The van der Waals surface area contributed by atoms with E-state index in [0.29, 0.717) is 35.8 Å². The van der Waals surface area contributed by atoms with E-state index in [2.05, 4.69) is 21.2 Å². The molecule has 0 bridgehead atoms. The number of methoxy groups -OCH3 is 1. The van der Waals surface area contributed by atoms with Gasteiger partial charge in [0.05, 0.1) is 21.9 Å². The number of carbonyl (C=O) groups excluding carboxylic acids is 3. The molecule has 32 heavy (non-hydrogen) atoms. The first-order valence-electron chi connectivity index (χ1n) is 9.47. The van der Waals surface area contributed by atoms with E-state index in [4.69, 9.17) is 32.7 Å². The molecule has 0 aliphatic rings. The van der Waals surface area contributed by atoms with Crippen molar-refractivity contribution in [2.75, 3.05) is 32.2 Å². The van der Waals surface area contributed by atoms with Crippen molar-refractivity contribution in [3.8, 4) is 5.75 Å². The number of ether oxygens (including phenoxy) is 2. The first kappa shape index (κ1) is 25.1. The van der Waals surface area contributed by atoms with Gasteiger partial charge in [-0.3, -0.25) is 14.4 Å². The third-order valence-electron chi connectivity index (χ3n) is 3.86. The van der Waals surface area contributed by atoms with Gasteiger partial charge in [0.15, 0.2) is 6.61 Å². The summed E-state index contributed by atoms with van der Waals surface area (Å²) in [6.07, 6.45) is 1.91. The maximum absolute atomic E-state index is 12.0. The highest BCUT2D eigenvalue weighted by Gasteiger charge is 2.11. The molecular formula is C21H22Cl2N4O5. The lowest BCUT2D eigenvalue weighted by Crippen LogP contribution is -2.38. The molecule has 3 N–H and O–H groups in total. The third-order valence-corrected chi connectivity index (χ3v) is 4.48. The summed E-state index contributed by atoms with van der Waals surface area (Å²) in [5.74, 6) is -1.80. The van der Waals surface area contributed by atoms with Crippen molar-refractivity contribution in [3.05, 3.63) is 58.1 Å². The zero-order valence-corrected chi connectivity index (χ0v) is 18.7. The fraction of sp³-hybridized carbons (Fsp3) is 0.238. The molecule has 3 amide bonds. The Balaban J connectivity index is 1.81. The van der Waals surface area contributed by atoms with Crippen LogP contribution in [0.2, 0.25) is 10.0 Å². The molecule has 0 unspecified atom stereocenters. The lowest BCUT2D eigenvalue weighted by atomic mass is 10.2. The Morgan fingerprint density at radius 2 is 1.84 bits per heavy atom. The molecule has 170 valence electrons. The van der Waals surface area contributed by atoms with Gasteiger partial charge < -0.3 is 20.1 Å². The van der Waals surface area contributed by atoms with Crippen molar-refractivity contribution in [1.29, 1.82) is 0 Å². The predicted molar refractivity (Wildman–Crippen MR) is 122 cm³/mol. The van der Waals surface area contributed by atoms with Crippen molar-refractivity contribution < 1.29 is 23.9 Å². The molecule has 11 heteroatoms. The van der Waals surface area contributed by atoms with Crippen molar-refractivity contribution in [3.63, 3.8) is 0 Å². The normalized spacial score (nSPS) is 10.6. The molecule has 0 aliphatic heterocycles. The van der Waals surface area contributed by atoms with Crippen LogP contribution in [0.1, 0.15) is 12.0 Å². The van der Waals surface area contributed by atoms with Gasteiger partial charge in [0.1, 0.15) is 5.75 Å². The number of nitrogens with zero attached hydrogens (tertiary/aromatic N) is 1. The number of hydrazone groups is 1. The number of anilines is 1. The quantitative estimate of drug-likeness (QED) is 0.209. The Hall–Kier alpha value is -3.14. The van der Waals surface area contributed by atoms with Crippen molar-refractivity contribution in [1.82, 2.24) is 10.7 Å². The first-order valence-corrected chi connectivity index (χ1v) is 10.2. The van der Waals surface area contributed by atoms with Gasteiger partial charge in [-0.25, -0.2) is 5.43 Å². The van der Waals surface area contributed by atoms with Crippen LogP contribution in [-0.4, -0.2) is 50.8 Å². The van der Waals surface area contributed by atoms with E-state index in [-0.39, 0.29) is 17.4 Å². The van der Waals surface area contributed by atoms with Gasteiger partial charge >= 0.3 is 11.8 Å². The van der Waals surface area contributed by atoms with E-state index in [1.165, 1.54) is 12.3 Å². The van der Waals surface area contributed by atoms with Crippen LogP contribution in [0.5, 0.6) is 5.75 Å². The lowest BCUT2D eigenvalue weighted by molar-refractivity contribution is -0.139. The number of amides is 3. The standard InChI is InChI=1S/C21H22Cl2N4O5/c1-31-10-4-9-24-20(29)21(30)27-25-12-14-7-8-18(16(23)11-14)32-13-19(28)26-17-6-3-2-5-15(17)22/h2-3,5-8,11-12H,4,9-10,13H2,1H3,(H,24,29)(H,26,28)(H,27,30)/b25-12-. The molecule has 0 fully saturated rings. The number of benzene rings is 2. The van der Waals surface area contributed by atoms with E-state index in [0.717, 1.165) is 0 Å². The Kier molecular flexibility index (Phi) is 10.5. The second-order valence-electron chi connectivity index (χ2n) is 6.31. The minimum Gasteiger partial charge on any atom is -0.482 e. The monoisotopic (exact) mass is 480 g/mol. The summed E-state index contributed by atoms with van der Waals surface area (Å²) >= 11 is 12.2. The van der Waals surface area contributed by atoms with Gasteiger partial charge in [-0.2, -0.15) is 5.10 Å². The van der Waals surface area contributed by atoms with Crippen molar-refractivity contribution in [2.45, 2.75) is 6.42 Å². The second-order valence-corrected chi connectivity index (χ2v) is 7.12. The highest BCUT2D eigenvalue weighted by Crippen LogP contribution is 2.25. The van der Waals surface area contributed by atoms with E-state index < -0.39 is 17.7 Å². The molecule has 0 saturated carbocycles. The fourth-order valence-electron chi connectivity index (χ4n) is 2.32. The van der Waals surface area contributed by atoms with Gasteiger partial charge in [0.2, 0.25) is 0 Å². The number of carbonyl (C=O) groups is 3. The van der Waals surface area contributed by atoms with Crippen LogP contribution in [0.3, 0.4) is 0 Å². The minimum atomic E-state index is -0.894. The van der Waals surface area contributed by atoms with Crippen LogP contribution >= 0.6 is 23.2 Å². The van der Waals surface area contributed by atoms with Gasteiger partial charge in [-0.05, 0) is 42.3 Å². The Morgan fingerprint density at radius 1 is 1.06 bits per heavy atom. The minimum absolute atomic E-state index is 0.238. The zero-order valence-electron chi connectivity index (χ0n) is 17.2. The van der Waals surface area contributed by atoms with Crippen LogP contribution < -0.4 is 20.8 Å². The van der Waals surface area contributed by atoms with E-state index in [1.54, 1.807) is 43.5 Å². The van der Waals surface area contributed by atoms with E-state index in [9.17, 15) is 14.4 Å². The number of nitrogens with one attached hydrogen (secondary N) is 3. The maximum atomic E-state index is 12.0. The molecule has 0 atom stereocenters. The Bertz CT molecular complexity index is 984. The zero-order chi connectivity index (χ0) is 23.3. The number of halogens is 2. The summed E-state index contributed by atoms with van der Waals surface area (Å²) < 4.78 is 10.3. The third kappa shape index (κ3) is 8.54. The molecule has 0 aliphatic carbocycles. The number of rotatable bonds is 10. The SMILES string of the molecule is COCCCNC(=O)C(=O)N/N=C\c1ccc(OCC(=O)Nc2ccccc2Cl)c(Cl)c1. The number of hydrogen-bond acceptors (Lipinski definition) is 6.